The quantitative estimate of drug-likeness (QED) is 0.473. The average Bonchev–Trinajstić information content (AvgIpc) is 2.05. The van der Waals surface area contributed by atoms with Crippen LogP contribution in [0.4, 0.5) is 0 Å². The van der Waals surface area contributed by atoms with Crippen LogP contribution >= 0.6 is 0 Å². The predicted octanol–water partition coefficient (Wildman–Crippen LogP) is -0.0438. The Labute approximate surface area is 64.7 Å². The van der Waals surface area contributed by atoms with Crippen molar-refractivity contribution in [2.45, 2.75) is 25.8 Å². The fraction of sp³-hybridized carbons (Fsp3) is 1.00. The lowest BCUT2D eigenvalue weighted by atomic mass is 10.2. The molecule has 2 nitrogen and oxygen atoms in total. The standard InChI is InChI=1S/C6H14N2/c1-5-3-8-6(2)4-7-5/h5-8H,3-4H2,1-2H3/i1D3,2D3,3D2,4D2. The zero-order chi connectivity index (χ0) is 14.6. The summed E-state index contributed by atoms with van der Waals surface area (Å²) in [6.07, 6.45) is 0. The van der Waals surface area contributed by atoms with E-state index >= 15 is 0 Å². The van der Waals surface area contributed by atoms with Crippen molar-refractivity contribution in [2.24, 2.45) is 0 Å². The molecule has 0 radical (unpaired) electrons. The van der Waals surface area contributed by atoms with Gasteiger partial charge in [0.2, 0.25) is 0 Å². The number of hydrogen-bond donors (Lipinski definition) is 2. The van der Waals surface area contributed by atoms with Crippen molar-refractivity contribution < 1.29 is 13.7 Å². The lowest BCUT2D eigenvalue weighted by Gasteiger charge is -2.26. The zero-order valence-corrected chi connectivity index (χ0v) is 4.15. The second-order valence-electron chi connectivity index (χ2n) is 1.44. The van der Waals surface area contributed by atoms with Crippen LogP contribution in [-0.2, 0) is 0 Å². The van der Waals surface area contributed by atoms with Gasteiger partial charge in [-0.05, 0) is 13.7 Å². The minimum Gasteiger partial charge on any atom is -0.311 e. The van der Waals surface area contributed by atoms with Crippen LogP contribution in [0.2, 0.25) is 0 Å². The Kier molecular flexibility index (Phi) is 0.364. The van der Waals surface area contributed by atoms with Gasteiger partial charge in [0.25, 0.3) is 0 Å². The normalized spacial score (nSPS) is 74.0. The van der Waals surface area contributed by atoms with Crippen LogP contribution in [0.3, 0.4) is 0 Å². The van der Waals surface area contributed by atoms with Crippen LogP contribution in [-0.4, -0.2) is 25.1 Å². The van der Waals surface area contributed by atoms with Crippen LogP contribution in [0.5, 0.6) is 0 Å². The molecule has 2 unspecified atom stereocenters. The van der Waals surface area contributed by atoms with Gasteiger partial charge in [0, 0.05) is 38.8 Å². The van der Waals surface area contributed by atoms with Crippen molar-refractivity contribution >= 4 is 0 Å². The van der Waals surface area contributed by atoms with E-state index in [4.69, 9.17) is 13.7 Å². The Morgan fingerprint density at radius 3 is 2.25 bits per heavy atom. The van der Waals surface area contributed by atoms with Gasteiger partial charge >= 0.3 is 0 Å². The predicted molar refractivity (Wildman–Crippen MR) is 34.9 cm³/mol. The van der Waals surface area contributed by atoms with E-state index in [9.17, 15) is 0 Å². The highest BCUT2D eigenvalue weighted by Crippen LogP contribution is 1.89. The Bertz CT molecular complexity index is 285. The third kappa shape index (κ3) is 1.46. The summed E-state index contributed by atoms with van der Waals surface area (Å²) < 4.78 is 73.2. The molecule has 0 aromatic rings. The van der Waals surface area contributed by atoms with E-state index in [0.717, 1.165) is 0 Å². The molecule has 2 heteroatoms. The Hall–Kier alpha value is -0.0800. The van der Waals surface area contributed by atoms with E-state index < -0.39 is 38.8 Å². The molecule has 2 N–H and O–H groups in total. The highest BCUT2D eigenvalue weighted by atomic mass is 15.1. The first kappa shape index (κ1) is 1.18. The highest BCUT2D eigenvalue weighted by molar-refractivity contribution is 4.76. The molecule has 0 bridgehead atoms. The molecule has 1 saturated heterocycles. The van der Waals surface area contributed by atoms with Crippen LogP contribution < -0.4 is 10.6 Å². The molecule has 1 aliphatic heterocycles. The molecule has 0 aliphatic carbocycles. The third-order valence-corrected chi connectivity index (χ3v) is 0.744. The molecule has 0 aromatic heterocycles. The van der Waals surface area contributed by atoms with E-state index in [1.54, 1.807) is 0 Å². The summed E-state index contributed by atoms with van der Waals surface area (Å²) in [6.45, 7) is -10.7. The van der Waals surface area contributed by atoms with Gasteiger partial charge in [-0.2, -0.15) is 0 Å². The van der Waals surface area contributed by atoms with Gasteiger partial charge in [-0.25, -0.2) is 0 Å². The minimum atomic E-state index is -2.80. The number of piperazine rings is 1. The molecule has 8 heavy (non-hydrogen) atoms. The lowest BCUT2D eigenvalue weighted by Crippen LogP contribution is -2.51. The number of hydrogen-bond acceptors (Lipinski definition) is 2. The molecule has 1 aliphatic rings. The van der Waals surface area contributed by atoms with Gasteiger partial charge in [-0.15, -0.1) is 0 Å². The summed E-state index contributed by atoms with van der Waals surface area (Å²) in [5.74, 6) is 0. The molecular formula is C6H14N2. The maximum absolute atomic E-state index is 7.54. The van der Waals surface area contributed by atoms with E-state index in [-0.39, 0.29) is 0 Å². The van der Waals surface area contributed by atoms with Gasteiger partial charge in [0.1, 0.15) is 0 Å². The zero-order valence-electron chi connectivity index (χ0n) is 14.2. The Balaban J connectivity index is 3.11. The number of rotatable bonds is 0. The second-order valence-corrected chi connectivity index (χ2v) is 1.44. The van der Waals surface area contributed by atoms with E-state index in [2.05, 4.69) is 0 Å². The van der Waals surface area contributed by atoms with E-state index in [1.165, 1.54) is 0 Å². The van der Waals surface area contributed by atoms with Crippen LogP contribution in [0.25, 0.3) is 0 Å². The summed E-state index contributed by atoms with van der Waals surface area (Å²) >= 11 is 0. The Morgan fingerprint density at radius 2 is 1.88 bits per heavy atom. The van der Waals surface area contributed by atoms with Crippen molar-refractivity contribution in [2.75, 3.05) is 13.0 Å². The summed E-state index contributed by atoms with van der Waals surface area (Å²) in [5, 5.41) is 3.91. The molecule has 0 amide bonds. The van der Waals surface area contributed by atoms with E-state index in [0.29, 0.717) is 0 Å². The monoisotopic (exact) mass is 124 g/mol. The fourth-order valence-electron chi connectivity index (χ4n) is 0.406. The summed E-state index contributed by atoms with van der Waals surface area (Å²) in [7, 11) is 0. The minimum absolute atomic E-state index is 1.83. The van der Waals surface area contributed by atoms with Crippen LogP contribution in [0.15, 0.2) is 0 Å². The Morgan fingerprint density at radius 1 is 1.38 bits per heavy atom. The molecular weight excluding hydrogens is 100 g/mol. The van der Waals surface area contributed by atoms with Crippen LogP contribution in [0, 0.1) is 0 Å². The van der Waals surface area contributed by atoms with Gasteiger partial charge < -0.3 is 10.6 Å². The molecule has 2 atom stereocenters. The van der Waals surface area contributed by atoms with Crippen molar-refractivity contribution in [3.8, 4) is 0 Å². The number of nitrogens with one attached hydrogen (secondary N) is 2. The first-order valence-corrected chi connectivity index (χ1v) is 2.23. The van der Waals surface area contributed by atoms with Gasteiger partial charge in [0.15, 0.2) is 0 Å². The summed E-state index contributed by atoms with van der Waals surface area (Å²) in [4.78, 5) is 0. The first-order valence-electron chi connectivity index (χ1n) is 7.23. The molecule has 1 heterocycles. The molecule has 0 spiro atoms. The maximum atomic E-state index is 7.54. The summed E-state index contributed by atoms with van der Waals surface area (Å²) in [5.41, 5.74) is 0. The summed E-state index contributed by atoms with van der Waals surface area (Å²) in [6, 6.07) is -3.67. The second kappa shape index (κ2) is 2.46. The molecule has 1 fully saturated rings. The molecule has 1 rings (SSSR count). The first-order chi connectivity index (χ1) is 7.68. The average molecular weight is 124 g/mol. The molecule has 0 aromatic carbocycles. The largest absolute Gasteiger partial charge is 0.311 e. The fourth-order valence-corrected chi connectivity index (χ4v) is 0.406. The highest BCUT2D eigenvalue weighted by Gasteiger charge is 2.10. The van der Waals surface area contributed by atoms with E-state index in [1.807, 2.05) is 10.6 Å². The van der Waals surface area contributed by atoms with Crippen LogP contribution in [0.1, 0.15) is 27.4 Å². The van der Waals surface area contributed by atoms with Gasteiger partial charge in [0.05, 0.1) is 0 Å². The van der Waals surface area contributed by atoms with Crippen molar-refractivity contribution in [1.82, 2.24) is 10.6 Å². The lowest BCUT2D eigenvalue weighted by molar-refractivity contribution is 0.376. The van der Waals surface area contributed by atoms with Crippen molar-refractivity contribution in [3.05, 3.63) is 0 Å². The third-order valence-electron chi connectivity index (χ3n) is 0.744. The molecule has 0 saturated carbocycles. The van der Waals surface area contributed by atoms with Gasteiger partial charge in [-0.3, -0.25) is 0 Å². The SMILES string of the molecule is [2H]C([2H])([2H])C1NC([2H])([2H])C(C([2H])([2H])[2H])NC1([2H])[2H]. The molecule has 48 valence electrons. The smallest absolute Gasteiger partial charge is 0.0444 e. The van der Waals surface area contributed by atoms with Crippen molar-refractivity contribution in [3.63, 3.8) is 0 Å². The van der Waals surface area contributed by atoms with Crippen molar-refractivity contribution in [1.29, 1.82) is 0 Å². The van der Waals surface area contributed by atoms with Gasteiger partial charge in [-0.1, -0.05) is 0 Å². The topological polar surface area (TPSA) is 24.1 Å². The maximum Gasteiger partial charge on any atom is 0.0444 e.